The normalized spacial score (nSPS) is 16.3. The van der Waals surface area contributed by atoms with E-state index in [0.29, 0.717) is 33.4 Å². The SMILES string of the molecule is [2H]C([2H])([2H])c1cnc(-c2cccc3c2oc2c(C([2H])([2H])[2H])c(-c4ccccc4)ccc23)cc1C([2H])(C)C. The van der Waals surface area contributed by atoms with Crippen molar-refractivity contribution in [3.8, 4) is 22.4 Å². The summed E-state index contributed by atoms with van der Waals surface area (Å²) in [7, 11) is 0. The molecule has 2 heterocycles. The number of aryl methyl sites for hydroxylation is 2. The quantitative estimate of drug-likeness (QED) is 0.307. The summed E-state index contributed by atoms with van der Waals surface area (Å²) < 4.78 is 63.4. The third-order valence-electron chi connectivity index (χ3n) is 5.47. The van der Waals surface area contributed by atoms with Crippen LogP contribution in [-0.2, 0) is 0 Å². The topological polar surface area (TPSA) is 26.0 Å². The van der Waals surface area contributed by atoms with Crippen molar-refractivity contribution in [1.29, 1.82) is 0 Å². The number of hydrogen-bond donors (Lipinski definition) is 0. The first kappa shape index (κ1) is 12.3. The molecule has 0 atom stereocenters. The molecule has 0 N–H and O–H groups in total. The molecule has 0 unspecified atom stereocenters. The molecule has 148 valence electrons. The molecular formula is C28H25NO. The van der Waals surface area contributed by atoms with Crippen LogP contribution in [0, 0.1) is 13.7 Å². The highest BCUT2D eigenvalue weighted by Gasteiger charge is 2.17. The van der Waals surface area contributed by atoms with Crippen molar-refractivity contribution in [1.82, 2.24) is 4.98 Å². The smallest absolute Gasteiger partial charge is 0.144 e. The molecule has 0 amide bonds. The summed E-state index contributed by atoms with van der Waals surface area (Å²) in [6.07, 6.45) is 1.30. The van der Waals surface area contributed by atoms with E-state index in [-0.39, 0.29) is 16.7 Å². The summed E-state index contributed by atoms with van der Waals surface area (Å²) >= 11 is 0. The van der Waals surface area contributed by atoms with Gasteiger partial charge in [0.1, 0.15) is 11.2 Å². The van der Waals surface area contributed by atoms with Crippen molar-refractivity contribution < 1.29 is 14.0 Å². The zero-order valence-corrected chi connectivity index (χ0v) is 16.8. The lowest BCUT2D eigenvalue weighted by Crippen LogP contribution is -1.95. The van der Waals surface area contributed by atoms with Crippen molar-refractivity contribution in [2.24, 2.45) is 0 Å². The molecule has 5 aromatic rings. The molecule has 0 saturated heterocycles. The van der Waals surface area contributed by atoms with E-state index in [1.807, 2.05) is 54.6 Å². The van der Waals surface area contributed by atoms with Gasteiger partial charge in [-0.2, -0.15) is 0 Å². The molecule has 0 aliphatic carbocycles. The number of furan rings is 1. The number of pyridine rings is 1. The largest absolute Gasteiger partial charge is 0.455 e. The molecule has 3 aromatic carbocycles. The summed E-state index contributed by atoms with van der Waals surface area (Å²) in [5.74, 6) is -1.18. The first-order valence-corrected chi connectivity index (χ1v) is 9.82. The van der Waals surface area contributed by atoms with Gasteiger partial charge in [0.2, 0.25) is 0 Å². The van der Waals surface area contributed by atoms with Crippen LogP contribution < -0.4 is 0 Å². The number of para-hydroxylation sites is 1. The van der Waals surface area contributed by atoms with Crippen LogP contribution in [0.25, 0.3) is 44.3 Å². The maximum absolute atomic E-state index is 8.54. The van der Waals surface area contributed by atoms with Crippen LogP contribution in [0.2, 0.25) is 0 Å². The lowest BCUT2D eigenvalue weighted by molar-refractivity contribution is 0.667. The van der Waals surface area contributed by atoms with Gasteiger partial charge in [0.25, 0.3) is 0 Å². The van der Waals surface area contributed by atoms with E-state index in [0.717, 1.165) is 10.9 Å². The standard InChI is InChI=1S/C28H25NO/c1-17(2)25-15-26(29-16-18(25)3)24-12-8-11-22-23-14-13-21(20-9-6-5-7-10-20)19(4)27(23)30-28(22)24/h5-17H,1-4H3/i3D3,4D3,17D. The maximum Gasteiger partial charge on any atom is 0.144 e. The molecule has 0 radical (unpaired) electrons. The molecule has 0 bridgehead atoms. The molecule has 2 heteroatoms. The summed E-state index contributed by atoms with van der Waals surface area (Å²) in [5, 5.41) is 1.40. The average Bonchev–Trinajstić information content (AvgIpc) is 3.20. The Morgan fingerprint density at radius 1 is 0.867 bits per heavy atom. The number of benzene rings is 3. The van der Waals surface area contributed by atoms with Gasteiger partial charge in [0, 0.05) is 37.7 Å². The van der Waals surface area contributed by atoms with Crippen LogP contribution in [0.5, 0.6) is 0 Å². The Kier molecular flexibility index (Phi) is 2.94. The highest BCUT2D eigenvalue weighted by Crippen LogP contribution is 2.39. The molecule has 0 saturated carbocycles. The minimum absolute atomic E-state index is 0.0326. The van der Waals surface area contributed by atoms with Crippen LogP contribution in [0.4, 0.5) is 0 Å². The fourth-order valence-corrected chi connectivity index (χ4v) is 3.94. The van der Waals surface area contributed by atoms with Crippen LogP contribution >= 0.6 is 0 Å². The van der Waals surface area contributed by atoms with Gasteiger partial charge in [-0.25, -0.2) is 0 Å². The predicted molar refractivity (Wildman–Crippen MR) is 126 cm³/mol. The van der Waals surface area contributed by atoms with Gasteiger partial charge in [-0.15, -0.1) is 0 Å². The second kappa shape index (κ2) is 7.14. The van der Waals surface area contributed by atoms with E-state index in [4.69, 9.17) is 14.0 Å². The highest BCUT2D eigenvalue weighted by atomic mass is 16.3. The van der Waals surface area contributed by atoms with Gasteiger partial charge in [0.15, 0.2) is 0 Å². The fourth-order valence-electron chi connectivity index (χ4n) is 3.94. The van der Waals surface area contributed by atoms with E-state index in [2.05, 4.69) is 4.98 Å². The van der Waals surface area contributed by atoms with Gasteiger partial charge in [0.05, 0.1) is 5.69 Å². The molecule has 2 nitrogen and oxygen atoms in total. The van der Waals surface area contributed by atoms with Crippen molar-refractivity contribution in [3.05, 3.63) is 89.6 Å². The molecule has 0 aliphatic heterocycles. The Hall–Kier alpha value is -3.39. The van der Waals surface area contributed by atoms with Crippen molar-refractivity contribution in [2.75, 3.05) is 0 Å². The monoisotopic (exact) mass is 398 g/mol. The summed E-state index contributed by atoms with van der Waals surface area (Å²) in [5.41, 5.74) is 3.65. The lowest BCUT2D eigenvalue weighted by Gasteiger charge is -2.11. The number of hydrogen-bond acceptors (Lipinski definition) is 2. The maximum atomic E-state index is 8.54. The minimum Gasteiger partial charge on any atom is -0.455 e. The highest BCUT2D eigenvalue weighted by molar-refractivity contribution is 6.11. The Morgan fingerprint density at radius 3 is 2.47 bits per heavy atom. The molecule has 2 aromatic heterocycles. The zero-order chi connectivity index (χ0) is 26.8. The van der Waals surface area contributed by atoms with Crippen LogP contribution in [-0.4, -0.2) is 4.98 Å². The Morgan fingerprint density at radius 2 is 1.70 bits per heavy atom. The van der Waals surface area contributed by atoms with Gasteiger partial charge in [-0.1, -0.05) is 62.4 Å². The Bertz CT molecular complexity index is 1630. The first-order chi connectivity index (χ1) is 17.3. The van der Waals surface area contributed by atoms with Gasteiger partial charge in [-0.05, 0) is 60.1 Å². The van der Waals surface area contributed by atoms with Crippen molar-refractivity contribution in [2.45, 2.75) is 33.4 Å². The van der Waals surface area contributed by atoms with E-state index < -0.39 is 19.6 Å². The third kappa shape index (κ3) is 2.91. The minimum atomic E-state index is -2.43. The van der Waals surface area contributed by atoms with Crippen LogP contribution in [0.1, 0.15) is 46.0 Å². The van der Waals surface area contributed by atoms with E-state index in [1.165, 1.54) is 6.20 Å². The van der Waals surface area contributed by atoms with E-state index in [1.54, 1.807) is 26.0 Å². The molecule has 0 aliphatic rings. The van der Waals surface area contributed by atoms with Gasteiger partial charge in [-0.3, -0.25) is 4.98 Å². The van der Waals surface area contributed by atoms with Gasteiger partial charge < -0.3 is 4.42 Å². The molecule has 5 rings (SSSR count). The summed E-state index contributed by atoms with van der Waals surface area (Å²) in [6, 6.07) is 20.1. The number of fused-ring (bicyclic) bond motifs is 3. The molecular weight excluding hydrogens is 366 g/mol. The zero-order valence-electron chi connectivity index (χ0n) is 23.8. The van der Waals surface area contributed by atoms with Crippen LogP contribution in [0.15, 0.2) is 77.3 Å². The second-order valence-electron chi connectivity index (χ2n) is 7.63. The van der Waals surface area contributed by atoms with E-state index >= 15 is 0 Å². The number of nitrogens with zero attached hydrogens (tertiary/aromatic N) is 1. The summed E-state index contributed by atoms with van der Waals surface area (Å²) in [6.45, 7) is -1.57. The third-order valence-corrected chi connectivity index (χ3v) is 5.47. The second-order valence-corrected chi connectivity index (χ2v) is 7.63. The fraction of sp³-hybridized carbons (Fsp3) is 0.179. The molecule has 0 fully saturated rings. The van der Waals surface area contributed by atoms with E-state index in [9.17, 15) is 0 Å². The predicted octanol–water partition coefficient (Wildman–Crippen LogP) is 8.06. The lowest BCUT2D eigenvalue weighted by atomic mass is 9.96. The Labute approximate surface area is 187 Å². The average molecular weight is 399 g/mol. The van der Waals surface area contributed by atoms with Crippen LogP contribution in [0.3, 0.4) is 0 Å². The molecule has 30 heavy (non-hydrogen) atoms. The Balaban J connectivity index is 1.81. The number of rotatable bonds is 3. The number of aromatic nitrogens is 1. The van der Waals surface area contributed by atoms with Crippen molar-refractivity contribution in [3.63, 3.8) is 0 Å². The summed E-state index contributed by atoms with van der Waals surface area (Å²) in [4.78, 5) is 4.43. The molecule has 0 spiro atoms. The first-order valence-electron chi connectivity index (χ1n) is 13.3. The van der Waals surface area contributed by atoms with Gasteiger partial charge >= 0.3 is 0 Å². The van der Waals surface area contributed by atoms with Crippen molar-refractivity contribution >= 4 is 21.9 Å².